The van der Waals surface area contributed by atoms with E-state index in [1.165, 1.54) is 24.4 Å². The molecular weight excluding hydrogens is 319 g/mol. The zero-order valence-electron chi connectivity index (χ0n) is 10.8. The molecule has 22 heavy (non-hydrogen) atoms. The van der Waals surface area contributed by atoms with Crippen molar-refractivity contribution in [1.82, 2.24) is 15.1 Å². The van der Waals surface area contributed by atoms with Crippen molar-refractivity contribution in [1.29, 1.82) is 0 Å². The van der Waals surface area contributed by atoms with E-state index in [9.17, 15) is 13.2 Å². The van der Waals surface area contributed by atoms with Gasteiger partial charge in [-0.2, -0.15) is 18.2 Å². The van der Waals surface area contributed by atoms with E-state index in [-0.39, 0.29) is 22.4 Å². The first-order valence-corrected chi connectivity index (χ1v) is 6.44. The van der Waals surface area contributed by atoms with Crippen molar-refractivity contribution in [3.63, 3.8) is 0 Å². The fraction of sp³-hybridized carbons (Fsp3) is 0.0714. The highest BCUT2D eigenvalue weighted by Crippen LogP contribution is 2.32. The first kappa shape index (κ1) is 14.5. The molecule has 0 fully saturated rings. The van der Waals surface area contributed by atoms with Gasteiger partial charge >= 0.3 is 6.18 Å². The van der Waals surface area contributed by atoms with Crippen LogP contribution >= 0.6 is 11.6 Å². The predicted octanol–water partition coefficient (Wildman–Crippen LogP) is 4.47. The Morgan fingerprint density at radius 2 is 1.86 bits per heavy atom. The number of pyridine rings is 1. The third kappa shape index (κ3) is 2.94. The Kier molecular flexibility index (Phi) is 3.58. The van der Waals surface area contributed by atoms with Gasteiger partial charge in [0.2, 0.25) is 5.82 Å². The van der Waals surface area contributed by atoms with Crippen LogP contribution in [0.15, 0.2) is 47.1 Å². The zero-order chi connectivity index (χ0) is 15.7. The number of hydrogen-bond donors (Lipinski definition) is 0. The molecule has 0 aliphatic heterocycles. The summed E-state index contributed by atoms with van der Waals surface area (Å²) >= 11 is 5.76. The quantitative estimate of drug-likeness (QED) is 0.652. The molecular formula is C14H7ClF3N3O. The molecule has 3 aromatic rings. The second-order valence-electron chi connectivity index (χ2n) is 4.37. The summed E-state index contributed by atoms with van der Waals surface area (Å²) in [5, 5.41) is 3.95. The van der Waals surface area contributed by atoms with Crippen molar-refractivity contribution in [2.45, 2.75) is 6.18 Å². The average molecular weight is 326 g/mol. The Morgan fingerprint density at radius 1 is 1.05 bits per heavy atom. The number of aromatic nitrogens is 3. The van der Waals surface area contributed by atoms with Crippen LogP contribution in [0, 0.1) is 0 Å². The van der Waals surface area contributed by atoms with E-state index in [0.29, 0.717) is 5.56 Å². The molecule has 0 saturated heterocycles. The van der Waals surface area contributed by atoms with Crippen molar-refractivity contribution in [3.8, 4) is 22.8 Å². The van der Waals surface area contributed by atoms with Gasteiger partial charge in [-0.25, -0.2) is 4.98 Å². The summed E-state index contributed by atoms with van der Waals surface area (Å²) < 4.78 is 43.2. The Labute approximate surface area is 127 Å². The molecule has 2 heterocycles. The Balaban J connectivity index is 1.98. The van der Waals surface area contributed by atoms with Crippen LogP contribution in [0.25, 0.3) is 22.8 Å². The monoisotopic (exact) mass is 325 g/mol. The summed E-state index contributed by atoms with van der Waals surface area (Å²) in [4.78, 5) is 7.90. The Hall–Kier alpha value is -2.41. The summed E-state index contributed by atoms with van der Waals surface area (Å²) in [7, 11) is 0. The number of nitrogens with zero attached hydrogens (tertiary/aromatic N) is 3. The van der Waals surface area contributed by atoms with Crippen LogP contribution in [0.4, 0.5) is 13.2 Å². The van der Waals surface area contributed by atoms with E-state index >= 15 is 0 Å². The van der Waals surface area contributed by atoms with Crippen LogP contribution in [0.3, 0.4) is 0 Å². The van der Waals surface area contributed by atoms with Gasteiger partial charge < -0.3 is 4.52 Å². The van der Waals surface area contributed by atoms with Crippen molar-refractivity contribution in [2.24, 2.45) is 0 Å². The van der Waals surface area contributed by atoms with E-state index in [0.717, 1.165) is 12.1 Å². The van der Waals surface area contributed by atoms with Crippen molar-refractivity contribution in [2.75, 3.05) is 0 Å². The molecule has 3 rings (SSSR count). The van der Waals surface area contributed by atoms with Gasteiger partial charge in [-0.15, -0.1) is 0 Å². The fourth-order valence-corrected chi connectivity index (χ4v) is 2.00. The van der Waals surface area contributed by atoms with Gasteiger partial charge in [0.25, 0.3) is 5.89 Å². The van der Waals surface area contributed by atoms with Gasteiger partial charge in [0.15, 0.2) is 0 Å². The molecule has 2 aromatic heterocycles. The summed E-state index contributed by atoms with van der Waals surface area (Å²) in [6.45, 7) is 0. The maximum absolute atomic E-state index is 12.7. The first-order valence-electron chi connectivity index (χ1n) is 6.07. The van der Waals surface area contributed by atoms with Crippen LogP contribution in [0.1, 0.15) is 5.56 Å². The normalized spacial score (nSPS) is 11.6. The standard InChI is InChI=1S/C14H7ClF3N3O/c15-11-7-9(4-5-19-11)13-20-12(21-22-13)8-2-1-3-10(6-8)14(16,17)18/h1-7H. The molecule has 0 unspecified atom stereocenters. The summed E-state index contributed by atoms with van der Waals surface area (Å²) in [5.74, 6) is 0.214. The van der Waals surface area contributed by atoms with Crippen LogP contribution in [-0.4, -0.2) is 15.1 Å². The van der Waals surface area contributed by atoms with Gasteiger partial charge in [0.05, 0.1) is 5.56 Å². The van der Waals surface area contributed by atoms with Crippen LogP contribution in [0.5, 0.6) is 0 Å². The maximum atomic E-state index is 12.7. The van der Waals surface area contributed by atoms with Gasteiger partial charge in [-0.05, 0) is 24.3 Å². The van der Waals surface area contributed by atoms with Crippen LogP contribution in [0.2, 0.25) is 5.15 Å². The van der Waals surface area contributed by atoms with Crippen molar-refractivity contribution < 1.29 is 17.7 Å². The number of halogens is 4. The van der Waals surface area contributed by atoms with Gasteiger partial charge in [0.1, 0.15) is 5.15 Å². The molecule has 0 saturated carbocycles. The molecule has 0 bridgehead atoms. The number of rotatable bonds is 2. The highest BCUT2D eigenvalue weighted by atomic mass is 35.5. The van der Waals surface area contributed by atoms with E-state index in [1.807, 2.05) is 0 Å². The van der Waals surface area contributed by atoms with Crippen molar-refractivity contribution in [3.05, 3.63) is 53.3 Å². The Bertz CT molecular complexity index is 817. The zero-order valence-corrected chi connectivity index (χ0v) is 11.6. The highest BCUT2D eigenvalue weighted by Gasteiger charge is 2.30. The molecule has 4 nitrogen and oxygen atoms in total. The molecule has 0 radical (unpaired) electrons. The molecule has 0 aliphatic rings. The molecule has 112 valence electrons. The van der Waals surface area contributed by atoms with Gasteiger partial charge in [0, 0.05) is 17.3 Å². The number of alkyl halides is 3. The summed E-state index contributed by atoms with van der Waals surface area (Å²) in [6, 6.07) is 7.84. The largest absolute Gasteiger partial charge is 0.416 e. The minimum atomic E-state index is -4.43. The van der Waals surface area contributed by atoms with Gasteiger partial charge in [-0.3, -0.25) is 0 Å². The molecule has 0 amide bonds. The second-order valence-corrected chi connectivity index (χ2v) is 4.76. The van der Waals surface area contributed by atoms with Crippen LogP contribution < -0.4 is 0 Å². The third-order valence-electron chi connectivity index (χ3n) is 2.85. The lowest BCUT2D eigenvalue weighted by atomic mass is 10.1. The van der Waals surface area contributed by atoms with E-state index in [2.05, 4.69) is 15.1 Å². The number of benzene rings is 1. The lowest BCUT2D eigenvalue weighted by Crippen LogP contribution is -2.04. The lowest BCUT2D eigenvalue weighted by molar-refractivity contribution is -0.137. The second kappa shape index (κ2) is 5.42. The van der Waals surface area contributed by atoms with Crippen LogP contribution in [-0.2, 0) is 6.18 Å². The lowest BCUT2D eigenvalue weighted by Gasteiger charge is -2.06. The third-order valence-corrected chi connectivity index (χ3v) is 3.05. The molecule has 0 atom stereocenters. The number of hydrogen-bond acceptors (Lipinski definition) is 4. The smallest absolute Gasteiger partial charge is 0.334 e. The predicted molar refractivity (Wildman–Crippen MR) is 73.0 cm³/mol. The molecule has 1 aromatic carbocycles. The minimum Gasteiger partial charge on any atom is -0.334 e. The average Bonchev–Trinajstić information content (AvgIpc) is 2.96. The molecule has 0 aliphatic carbocycles. The van der Waals surface area contributed by atoms with Gasteiger partial charge in [-0.1, -0.05) is 28.9 Å². The van der Waals surface area contributed by atoms with E-state index in [4.69, 9.17) is 16.1 Å². The molecule has 8 heteroatoms. The summed E-state index contributed by atoms with van der Waals surface area (Å²) in [6.07, 6.45) is -2.97. The Morgan fingerprint density at radius 3 is 2.59 bits per heavy atom. The SMILES string of the molecule is FC(F)(F)c1cccc(-c2noc(-c3ccnc(Cl)c3)n2)c1. The molecule has 0 N–H and O–H groups in total. The van der Waals surface area contributed by atoms with Crippen molar-refractivity contribution >= 4 is 11.6 Å². The molecule has 0 spiro atoms. The minimum absolute atomic E-state index is 0.0639. The summed E-state index contributed by atoms with van der Waals surface area (Å²) in [5.41, 5.74) is -0.0287. The highest BCUT2D eigenvalue weighted by molar-refractivity contribution is 6.29. The first-order chi connectivity index (χ1) is 10.4. The topological polar surface area (TPSA) is 51.8 Å². The van der Waals surface area contributed by atoms with E-state index < -0.39 is 11.7 Å². The van der Waals surface area contributed by atoms with E-state index in [1.54, 1.807) is 6.07 Å². The maximum Gasteiger partial charge on any atom is 0.416 e. The fourth-order valence-electron chi connectivity index (χ4n) is 1.83.